The number of anilines is 2. The van der Waals surface area contributed by atoms with Crippen molar-refractivity contribution in [2.24, 2.45) is 14.1 Å². The van der Waals surface area contributed by atoms with Crippen LogP contribution in [0.3, 0.4) is 0 Å². The molecule has 0 fully saturated rings. The van der Waals surface area contributed by atoms with Crippen molar-refractivity contribution in [3.63, 3.8) is 0 Å². The fourth-order valence-electron chi connectivity index (χ4n) is 3.30. The zero-order valence-corrected chi connectivity index (χ0v) is 18.5. The van der Waals surface area contributed by atoms with Crippen molar-refractivity contribution in [3.05, 3.63) is 59.2 Å². The Morgan fingerprint density at radius 2 is 1.62 bits per heavy atom. The largest absolute Gasteiger partial charge is 0.318 e. The first-order chi connectivity index (χ1) is 15.2. The molecule has 0 bridgehead atoms. The lowest BCUT2D eigenvalue weighted by molar-refractivity contribution is 0.101. The van der Waals surface area contributed by atoms with Gasteiger partial charge < -0.3 is 10.6 Å². The lowest BCUT2D eigenvalue weighted by Crippen LogP contribution is -2.21. The van der Waals surface area contributed by atoms with Gasteiger partial charge in [-0.2, -0.15) is 20.4 Å². The SMILES string of the molecule is Cc1cc(C)n(Cn2ccc(C(=O)Nc3cnn(C)c3C(=O)Nc3cnn(C)c3C)n2)n1. The normalized spacial score (nSPS) is 11.0. The van der Waals surface area contributed by atoms with Crippen molar-refractivity contribution in [2.75, 3.05) is 10.6 Å². The molecule has 32 heavy (non-hydrogen) atoms. The highest BCUT2D eigenvalue weighted by Gasteiger charge is 2.21. The standard InChI is InChI=1S/C20H24N10O2/c1-12-8-13(2)30(25-12)11-29-7-6-15(26-29)19(31)24-17-10-22-28(5)18(17)20(32)23-16-9-21-27(4)14(16)3/h6-10H,11H2,1-5H3,(H,23,32)(H,24,31). The van der Waals surface area contributed by atoms with E-state index in [9.17, 15) is 9.59 Å². The lowest BCUT2D eigenvalue weighted by atomic mass is 10.3. The van der Waals surface area contributed by atoms with Gasteiger partial charge in [0.1, 0.15) is 12.4 Å². The van der Waals surface area contributed by atoms with E-state index in [-0.39, 0.29) is 17.1 Å². The van der Waals surface area contributed by atoms with E-state index in [1.54, 1.807) is 46.6 Å². The molecule has 0 saturated carbocycles. The lowest BCUT2D eigenvalue weighted by Gasteiger charge is -2.08. The minimum atomic E-state index is -0.447. The van der Waals surface area contributed by atoms with E-state index in [0.29, 0.717) is 12.4 Å². The van der Waals surface area contributed by atoms with Crippen LogP contribution in [0.15, 0.2) is 30.7 Å². The summed E-state index contributed by atoms with van der Waals surface area (Å²) in [4.78, 5) is 25.6. The number of hydrogen-bond acceptors (Lipinski definition) is 6. The van der Waals surface area contributed by atoms with E-state index < -0.39 is 11.8 Å². The molecule has 0 spiro atoms. The Balaban J connectivity index is 1.48. The van der Waals surface area contributed by atoms with Gasteiger partial charge in [-0.05, 0) is 32.9 Å². The third-order valence-corrected chi connectivity index (χ3v) is 5.14. The summed E-state index contributed by atoms with van der Waals surface area (Å²) in [6, 6.07) is 3.58. The monoisotopic (exact) mass is 436 g/mol. The van der Waals surface area contributed by atoms with Gasteiger partial charge >= 0.3 is 0 Å². The number of amides is 2. The first-order valence-electron chi connectivity index (χ1n) is 9.90. The molecule has 12 nitrogen and oxygen atoms in total. The van der Waals surface area contributed by atoms with Crippen LogP contribution in [0.5, 0.6) is 0 Å². The van der Waals surface area contributed by atoms with E-state index in [4.69, 9.17) is 0 Å². The van der Waals surface area contributed by atoms with Gasteiger partial charge in [0, 0.05) is 26.0 Å². The average Bonchev–Trinajstić information content (AvgIpc) is 3.49. The Labute approximate surface area is 183 Å². The van der Waals surface area contributed by atoms with Crippen molar-refractivity contribution in [1.29, 1.82) is 0 Å². The maximum Gasteiger partial charge on any atom is 0.276 e. The van der Waals surface area contributed by atoms with Crippen LogP contribution in [0.4, 0.5) is 11.4 Å². The molecule has 0 aromatic carbocycles. The smallest absolute Gasteiger partial charge is 0.276 e. The predicted molar refractivity (Wildman–Crippen MR) is 116 cm³/mol. The number of carbonyl (C=O) groups excluding carboxylic acids is 2. The Bertz CT molecular complexity index is 1310. The van der Waals surface area contributed by atoms with Crippen molar-refractivity contribution in [2.45, 2.75) is 27.4 Å². The van der Waals surface area contributed by atoms with Crippen molar-refractivity contribution < 1.29 is 9.59 Å². The molecule has 0 aliphatic heterocycles. The van der Waals surface area contributed by atoms with Gasteiger partial charge in [-0.1, -0.05) is 0 Å². The van der Waals surface area contributed by atoms with Gasteiger partial charge in [0.2, 0.25) is 0 Å². The highest BCUT2D eigenvalue weighted by Crippen LogP contribution is 2.19. The number of carbonyl (C=O) groups is 2. The number of rotatable bonds is 6. The number of nitrogens with one attached hydrogen (secondary N) is 2. The predicted octanol–water partition coefficient (Wildman–Crippen LogP) is 1.48. The molecule has 12 heteroatoms. The highest BCUT2D eigenvalue weighted by molar-refractivity contribution is 6.11. The Kier molecular flexibility index (Phi) is 5.34. The number of nitrogens with zero attached hydrogens (tertiary/aromatic N) is 8. The van der Waals surface area contributed by atoms with Crippen LogP contribution in [0, 0.1) is 20.8 Å². The first kappa shape index (κ1) is 21.0. The molecule has 4 rings (SSSR count). The summed E-state index contributed by atoms with van der Waals surface area (Å²) in [7, 11) is 3.42. The van der Waals surface area contributed by atoms with Crippen molar-refractivity contribution in [1.82, 2.24) is 39.1 Å². The van der Waals surface area contributed by atoms with Gasteiger partial charge in [0.05, 0.1) is 35.2 Å². The topological polar surface area (TPSA) is 129 Å². The second-order valence-electron chi connectivity index (χ2n) is 7.51. The summed E-state index contributed by atoms with van der Waals surface area (Å²) >= 11 is 0. The van der Waals surface area contributed by atoms with Gasteiger partial charge in [0.15, 0.2) is 5.69 Å². The zero-order chi connectivity index (χ0) is 23.0. The zero-order valence-electron chi connectivity index (χ0n) is 18.5. The van der Waals surface area contributed by atoms with E-state index in [0.717, 1.165) is 17.1 Å². The van der Waals surface area contributed by atoms with Gasteiger partial charge in [-0.25, -0.2) is 4.68 Å². The van der Waals surface area contributed by atoms with Gasteiger partial charge in [0.25, 0.3) is 11.8 Å². The Morgan fingerprint density at radius 3 is 2.28 bits per heavy atom. The summed E-state index contributed by atoms with van der Waals surface area (Å²) in [6.45, 7) is 6.11. The average molecular weight is 436 g/mol. The van der Waals surface area contributed by atoms with Crippen LogP contribution in [0.1, 0.15) is 38.1 Å². The summed E-state index contributed by atoms with van der Waals surface area (Å²) in [5.74, 6) is -0.858. The molecule has 2 N–H and O–H groups in total. The molecule has 0 aliphatic rings. The second kappa shape index (κ2) is 8.13. The first-order valence-corrected chi connectivity index (χ1v) is 9.90. The van der Waals surface area contributed by atoms with Crippen molar-refractivity contribution in [3.8, 4) is 0 Å². The Morgan fingerprint density at radius 1 is 0.938 bits per heavy atom. The molecular formula is C20H24N10O2. The van der Waals surface area contributed by atoms with E-state index in [1.165, 1.54) is 10.9 Å². The molecule has 0 aliphatic carbocycles. The van der Waals surface area contributed by atoms with Crippen LogP contribution >= 0.6 is 0 Å². The summed E-state index contributed by atoms with van der Waals surface area (Å²) in [6.07, 6.45) is 4.69. The molecule has 4 aromatic heterocycles. The second-order valence-corrected chi connectivity index (χ2v) is 7.51. The van der Waals surface area contributed by atoms with E-state index in [2.05, 4.69) is 31.0 Å². The van der Waals surface area contributed by atoms with Crippen LogP contribution in [0.2, 0.25) is 0 Å². The van der Waals surface area contributed by atoms with Gasteiger partial charge in [-0.3, -0.25) is 23.6 Å². The molecule has 0 saturated heterocycles. The minimum absolute atomic E-state index is 0.212. The van der Waals surface area contributed by atoms with Gasteiger partial charge in [-0.15, -0.1) is 0 Å². The maximum absolute atomic E-state index is 12.8. The fraction of sp³-hybridized carbons (Fsp3) is 0.300. The van der Waals surface area contributed by atoms with Crippen LogP contribution in [0.25, 0.3) is 0 Å². The molecule has 166 valence electrons. The quantitative estimate of drug-likeness (QED) is 0.471. The van der Waals surface area contributed by atoms with E-state index >= 15 is 0 Å². The number of aryl methyl sites for hydroxylation is 4. The number of aromatic nitrogens is 8. The summed E-state index contributed by atoms with van der Waals surface area (Å²) in [5, 5.41) is 22.5. The summed E-state index contributed by atoms with van der Waals surface area (Å²) in [5.41, 5.74) is 4.01. The molecule has 4 aromatic rings. The van der Waals surface area contributed by atoms with E-state index in [1.807, 2.05) is 26.8 Å². The number of hydrogen-bond donors (Lipinski definition) is 2. The molecule has 4 heterocycles. The van der Waals surface area contributed by atoms with Crippen LogP contribution < -0.4 is 10.6 Å². The van der Waals surface area contributed by atoms with Crippen LogP contribution in [-0.4, -0.2) is 50.9 Å². The highest BCUT2D eigenvalue weighted by atomic mass is 16.2. The molecule has 0 unspecified atom stereocenters. The minimum Gasteiger partial charge on any atom is -0.318 e. The Hall–Kier alpha value is -4.22. The molecule has 0 atom stereocenters. The molecule has 2 amide bonds. The van der Waals surface area contributed by atoms with Crippen molar-refractivity contribution >= 4 is 23.2 Å². The maximum atomic E-state index is 12.8. The fourth-order valence-corrected chi connectivity index (χ4v) is 3.30. The third-order valence-electron chi connectivity index (χ3n) is 5.14. The van der Waals surface area contributed by atoms with Crippen LogP contribution in [-0.2, 0) is 20.8 Å². The molecular weight excluding hydrogens is 412 g/mol. The summed E-state index contributed by atoms with van der Waals surface area (Å²) < 4.78 is 6.48. The molecule has 0 radical (unpaired) electrons. The third kappa shape index (κ3) is 4.02.